The van der Waals surface area contributed by atoms with Gasteiger partial charge in [0.15, 0.2) is 6.61 Å². The van der Waals surface area contributed by atoms with Gasteiger partial charge in [0, 0.05) is 6.04 Å². The van der Waals surface area contributed by atoms with Gasteiger partial charge in [-0.3, -0.25) is 4.79 Å². The number of esters is 2. The van der Waals surface area contributed by atoms with E-state index >= 15 is 0 Å². The van der Waals surface area contributed by atoms with E-state index in [1.807, 2.05) is 13.8 Å². The maximum Gasteiger partial charge on any atom is 0.338 e. The normalized spacial score (nSPS) is 11.4. The number of amides is 1. The second-order valence-electron chi connectivity index (χ2n) is 4.90. The molecule has 0 fully saturated rings. The highest BCUT2D eigenvalue weighted by molar-refractivity contribution is 5.94. The molecule has 0 spiro atoms. The van der Waals surface area contributed by atoms with Crippen LogP contribution in [0, 0.1) is 0 Å². The van der Waals surface area contributed by atoms with Gasteiger partial charge < -0.3 is 14.8 Å². The Labute approximate surface area is 129 Å². The van der Waals surface area contributed by atoms with Crippen LogP contribution in [0.4, 0.5) is 0 Å². The lowest BCUT2D eigenvalue weighted by Crippen LogP contribution is -2.35. The maximum atomic E-state index is 11.8. The number of hydrogen-bond donors (Lipinski definition) is 1. The standard InChI is InChI=1S/C16H21NO5/c1-4-5-11(2)17-14(18)10-22-16(20)13-8-6-12(7-9-13)15(19)21-3/h6-9,11H,4-5,10H2,1-3H3,(H,17,18). The number of carbonyl (C=O) groups is 3. The summed E-state index contributed by atoms with van der Waals surface area (Å²) in [5.74, 6) is -1.43. The molecule has 1 aromatic carbocycles. The molecule has 1 aromatic rings. The third kappa shape index (κ3) is 5.55. The monoisotopic (exact) mass is 307 g/mol. The molecule has 1 unspecified atom stereocenters. The van der Waals surface area contributed by atoms with Crippen molar-refractivity contribution < 1.29 is 23.9 Å². The van der Waals surface area contributed by atoms with Crippen LogP contribution in [0.1, 0.15) is 47.4 Å². The maximum absolute atomic E-state index is 11.8. The van der Waals surface area contributed by atoms with E-state index < -0.39 is 11.9 Å². The Hall–Kier alpha value is -2.37. The Kier molecular flexibility index (Phi) is 7.08. The van der Waals surface area contributed by atoms with Gasteiger partial charge in [-0.05, 0) is 37.6 Å². The van der Waals surface area contributed by atoms with E-state index in [-0.39, 0.29) is 24.1 Å². The molecule has 6 nitrogen and oxygen atoms in total. The lowest BCUT2D eigenvalue weighted by atomic mass is 10.1. The first-order chi connectivity index (χ1) is 10.5. The van der Waals surface area contributed by atoms with E-state index in [9.17, 15) is 14.4 Å². The second-order valence-corrected chi connectivity index (χ2v) is 4.90. The molecule has 0 radical (unpaired) electrons. The van der Waals surface area contributed by atoms with E-state index in [1.165, 1.54) is 31.4 Å². The van der Waals surface area contributed by atoms with Gasteiger partial charge in [0.25, 0.3) is 5.91 Å². The minimum Gasteiger partial charge on any atom is -0.465 e. The van der Waals surface area contributed by atoms with Gasteiger partial charge in [-0.2, -0.15) is 0 Å². The average Bonchev–Trinajstić information content (AvgIpc) is 2.52. The molecule has 0 saturated carbocycles. The van der Waals surface area contributed by atoms with Crippen molar-refractivity contribution in [3.05, 3.63) is 35.4 Å². The molecule has 1 amide bonds. The van der Waals surface area contributed by atoms with Crippen LogP contribution in [0.25, 0.3) is 0 Å². The van der Waals surface area contributed by atoms with Crippen molar-refractivity contribution in [3.63, 3.8) is 0 Å². The molecule has 0 saturated heterocycles. The first-order valence-corrected chi connectivity index (χ1v) is 7.12. The fourth-order valence-corrected chi connectivity index (χ4v) is 1.90. The van der Waals surface area contributed by atoms with Crippen LogP contribution in [0.5, 0.6) is 0 Å². The first-order valence-electron chi connectivity index (χ1n) is 7.12. The number of ether oxygens (including phenoxy) is 2. The smallest absolute Gasteiger partial charge is 0.338 e. The predicted molar refractivity (Wildman–Crippen MR) is 80.6 cm³/mol. The Morgan fingerprint density at radius 2 is 1.64 bits per heavy atom. The Morgan fingerprint density at radius 3 is 2.14 bits per heavy atom. The largest absolute Gasteiger partial charge is 0.465 e. The highest BCUT2D eigenvalue weighted by atomic mass is 16.5. The molecule has 22 heavy (non-hydrogen) atoms. The summed E-state index contributed by atoms with van der Waals surface area (Å²) in [7, 11) is 1.28. The molecular formula is C16H21NO5. The topological polar surface area (TPSA) is 81.7 Å². The zero-order valence-electron chi connectivity index (χ0n) is 13.0. The molecular weight excluding hydrogens is 286 g/mol. The number of benzene rings is 1. The Balaban J connectivity index is 2.48. The fraction of sp³-hybridized carbons (Fsp3) is 0.438. The average molecular weight is 307 g/mol. The highest BCUT2D eigenvalue weighted by Crippen LogP contribution is 2.07. The first kappa shape index (κ1) is 17.7. The summed E-state index contributed by atoms with van der Waals surface area (Å²) in [4.78, 5) is 34.7. The summed E-state index contributed by atoms with van der Waals surface area (Å²) in [6, 6.07) is 5.88. The third-order valence-electron chi connectivity index (χ3n) is 3.01. The van der Waals surface area contributed by atoms with Crippen molar-refractivity contribution in [2.24, 2.45) is 0 Å². The predicted octanol–water partition coefficient (Wildman–Crippen LogP) is 1.93. The zero-order chi connectivity index (χ0) is 16.5. The minimum atomic E-state index is -0.616. The lowest BCUT2D eigenvalue weighted by molar-refractivity contribution is -0.124. The van der Waals surface area contributed by atoms with Crippen molar-refractivity contribution >= 4 is 17.8 Å². The van der Waals surface area contributed by atoms with Gasteiger partial charge in [0.2, 0.25) is 0 Å². The molecule has 0 aliphatic carbocycles. The van der Waals surface area contributed by atoms with Gasteiger partial charge >= 0.3 is 11.9 Å². The van der Waals surface area contributed by atoms with Gasteiger partial charge in [0.05, 0.1) is 18.2 Å². The summed E-state index contributed by atoms with van der Waals surface area (Å²) in [5, 5.41) is 2.74. The van der Waals surface area contributed by atoms with Crippen molar-refractivity contribution in [1.82, 2.24) is 5.32 Å². The molecule has 120 valence electrons. The van der Waals surface area contributed by atoms with Crippen LogP contribution in [-0.2, 0) is 14.3 Å². The summed E-state index contributed by atoms with van der Waals surface area (Å²) in [6.45, 7) is 3.60. The number of methoxy groups -OCH3 is 1. The number of nitrogens with one attached hydrogen (secondary N) is 1. The number of rotatable bonds is 7. The van der Waals surface area contributed by atoms with Crippen LogP contribution in [0.2, 0.25) is 0 Å². The van der Waals surface area contributed by atoms with Crippen molar-refractivity contribution in [2.75, 3.05) is 13.7 Å². The number of carbonyl (C=O) groups excluding carboxylic acids is 3. The van der Waals surface area contributed by atoms with Gasteiger partial charge in [-0.1, -0.05) is 13.3 Å². The van der Waals surface area contributed by atoms with E-state index in [1.54, 1.807) is 0 Å². The minimum absolute atomic E-state index is 0.0514. The molecule has 0 heterocycles. The van der Waals surface area contributed by atoms with Crippen LogP contribution >= 0.6 is 0 Å². The SMILES string of the molecule is CCCC(C)NC(=O)COC(=O)c1ccc(C(=O)OC)cc1. The third-order valence-corrected chi connectivity index (χ3v) is 3.01. The molecule has 0 aliphatic heterocycles. The summed E-state index contributed by atoms with van der Waals surface area (Å²) in [6.07, 6.45) is 1.84. The van der Waals surface area contributed by atoms with Crippen molar-refractivity contribution in [3.8, 4) is 0 Å². The number of hydrogen-bond acceptors (Lipinski definition) is 5. The van der Waals surface area contributed by atoms with Crippen molar-refractivity contribution in [2.45, 2.75) is 32.7 Å². The molecule has 1 rings (SSSR count). The molecule has 1 atom stereocenters. The van der Waals surface area contributed by atoms with Crippen molar-refractivity contribution in [1.29, 1.82) is 0 Å². The molecule has 0 aliphatic rings. The molecule has 6 heteroatoms. The van der Waals surface area contributed by atoms with E-state index in [0.29, 0.717) is 5.56 Å². The van der Waals surface area contributed by atoms with Gasteiger partial charge in [0.1, 0.15) is 0 Å². The molecule has 0 aromatic heterocycles. The van der Waals surface area contributed by atoms with Crippen LogP contribution < -0.4 is 5.32 Å². The van der Waals surface area contributed by atoms with Crippen LogP contribution in [0.3, 0.4) is 0 Å². The molecule has 1 N–H and O–H groups in total. The summed E-state index contributed by atoms with van der Waals surface area (Å²) in [5.41, 5.74) is 0.604. The lowest BCUT2D eigenvalue weighted by Gasteiger charge is -2.12. The van der Waals surface area contributed by atoms with Crippen LogP contribution in [-0.4, -0.2) is 37.6 Å². The Bertz CT molecular complexity index is 524. The van der Waals surface area contributed by atoms with Crippen LogP contribution in [0.15, 0.2) is 24.3 Å². The Morgan fingerprint density at radius 1 is 1.09 bits per heavy atom. The summed E-state index contributed by atoms with van der Waals surface area (Å²) < 4.78 is 9.49. The van der Waals surface area contributed by atoms with E-state index in [0.717, 1.165) is 12.8 Å². The fourth-order valence-electron chi connectivity index (χ4n) is 1.90. The second kappa shape index (κ2) is 8.81. The quantitative estimate of drug-likeness (QED) is 0.778. The van der Waals surface area contributed by atoms with E-state index in [2.05, 4.69) is 10.1 Å². The highest BCUT2D eigenvalue weighted by Gasteiger charge is 2.13. The molecule has 0 bridgehead atoms. The van der Waals surface area contributed by atoms with E-state index in [4.69, 9.17) is 4.74 Å². The summed E-state index contributed by atoms with van der Waals surface area (Å²) >= 11 is 0. The zero-order valence-corrected chi connectivity index (χ0v) is 13.0. The van der Waals surface area contributed by atoms with Gasteiger partial charge in [-0.25, -0.2) is 9.59 Å². The van der Waals surface area contributed by atoms with Gasteiger partial charge in [-0.15, -0.1) is 0 Å².